The lowest BCUT2D eigenvalue weighted by atomic mass is 10.0. The zero-order valence-electron chi connectivity index (χ0n) is 17.0. The average Bonchev–Trinajstić information content (AvgIpc) is 3.16. The van der Waals surface area contributed by atoms with Gasteiger partial charge in [-0.15, -0.1) is 0 Å². The molecule has 4 rings (SSSR count). The van der Waals surface area contributed by atoms with Crippen LogP contribution in [0.5, 0.6) is 0 Å². The summed E-state index contributed by atoms with van der Waals surface area (Å²) < 4.78 is 0. The lowest BCUT2D eigenvalue weighted by Crippen LogP contribution is -2.49. The predicted molar refractivity (Wildman–Crippen MR) is 116 cm³/mol. The van der Waals surface area contributed by atoms with Crippen LogP contribution in [0.25, 0.3) is 10.9 Å². The molecule has 3 heterocycles. The molecule has 2 aromatic heterocycles. The second-order valence-corrected chi connectivity index (χ2v) is 7.44. The number of nitriles is 1. The molecule has 0 radical (unpaired) electrons. The Morgan fingerprint density at radius 1 is 1.26 bits per heavy atom. The van der Waals surface area contributed by atoms with E-state index in [1.165, 1.54) is 6.92 Å². The van der Waals surface area contributed by atoms with Crippen molar-refractivity contribution in [3.8, 4) is 6.07 Å². The molecule has 31 heavy (non-hydrogen) atoms. The number of carboxylic acid groups (broad SMARTS) is 1. The summed E-state index contributed by atoms with van der Waals surface area (Å²) in [5.74, 6) is -0.494. The first-order valence-electron chi connectivity index (χ1n) is 9.93. The Morgan fingerprint density at radius 2 is 2.03 bits per heavy atom. The number of H-pyrrole nitrogens is 1. The molecule has 9 nitrogen and oxygen atoms in total. The Balaban J connectivity index is 1.59. The summed E-state index contributed by atoms with van der Waals surface area (Å²) >= 11 is 0. The van der Waals surface area contributed by atoms with E-state index in [-0.39, 0.29) is 5.91 Å². The molecular formula is C22H22N6O3. The van der Waals surface area contributed by atoms with Gasteiger partial charge in [0.1, 0.15) is 17.9 Å². The van der Waals surface area contributed by atoms with Crippen molar-refractivity contribution in [2.75, 3.05) is 36.4 Å². The lowest BCUT2D eigenvalue weighted by molar-refractivity contribution is -0.143. The molecule has 0 bridgehead atoms. The summed E-state index contributed by atoms with van der Waals surface area (Å²) in [6.45, 7) is 3.58. The van der Waals surface area contributed by atoms with Crippen molar-refractivity contribution in [2.45, 2.75) is 13.0 Å². The number of carboxylic acids is 1. The van der Waals surface area contributed by atoms with E-state index in [1.54, 1.807) is 36.7 Å². The third-order valence-corrected chi connectivity index (χ3v) is 5.45. The van der Waals surface area contributed by atoms with Crippen molar-refractivity contribution >= 4 is 34.3 Å². The third-order valence-electron chi connectivity index (χ3n) is 5.45. The molecule has 0 spiro atoms. The number of nitrogens with one attached hydrogen (secondary N) is 2. The summed E-state index contributed by atoms with van der Waals surface area (Å²) in [6, 6.07) is 10.2. The maximum absolute atomic E-state index is 12.3. The quantitative estimate of drug-likeness (QED) is 0.581. The molecule has 3 aromatic rings. The van der Waals surface area contributed by atoms with Gasteiger partial charge in [0, 0.05) is 67.7 Å². The van der Waals surface area contributed by atoms with Gasteiger partial charge < -0.3 is 20.3 Å². The van der Waals surface area contributed by atoms with Crippen LogP contribution in [0.4, 0.5) is 11.5 Å². The highest BCUT2D eigenvalue weighted by Crippen LogP contribution is 2.32. The summed E-state index contributed by atoms with van der Waals surface area (Å²) in [5.41, 5.74) is 2.58. The number of hydrogen-bond acceptors (Lipinski definition) is 6. The summed E-state index contributed by atoms with van der Waals surface area (Å²) in [4.78, 5) is 35.1. The van der Waals surface area contributed by atoms with Gasteiger partial charge in [-0.1, -0.05) is 0 Å². The minimum atomic E-state index is -0.935. The van der Waals surface area contributed by atoms with E-state index in [4.69, 9.17) is 0 Å². The number of carbonyl (C=O) groups is 2. The molecule has 9 heteroatoms. The van der Waals surface area contributed by atoms with E-state index in [0.717, 1.165) is 10.9 Å². The molecule has 3 N–H and O–H groups in total. The van der Waals surface area contributed by atoms with E-state index >= 15 is 0 Å². The Morgan fingerprint density at radius 3 is 2.71 bits per heavy atom. The molecule has 1 fully saturated rings. The van der Waals surface area contributed by atoms with E-state index in [2.05, 4.69) is 21.4 Å². The topological polar surface area (TPSA) is 125 Å². The van der Waals surface area contributed by atoms with Gasteiger partial charge in [-0.05, 0) is 30.3 Å². The fraction of sp³-hybridized carbons (Fsp3) is 0.273. The first kappa shape index (κ1) is 20.4. The van der Waals surface area contributed by atoms with E-state index in [0.29, 0.717) is 48.8 Å². The molecule has 1 aliphatic heterocycles. The molecule has 1 amide bonds. The largest absolute Gasteiger partial charge is 0.480 e. The van der Waals surface area contributed by atoms with Crippen molar-refractivity contribution in [3.05, 3.63) is 53.9 Å². The number of carbonyl (C=O) groups excluding carboxylic acids is 1. The Hall–Kier alpha value is -3.90. The third kappa shape index (κ3) is 4.06. The van der Waals surface area contributed by atoms with Gasteiger partial charge in [0.25, 0.3) is 0 Å². The number of benzene rings is 1. The number of aromatic nitrogens is 2. The molecule has 1 aromatic carbocycles. The second-order valence-electron chi connectivity index (χ2n) is 7.44. The van der Waals surface area contributed by atoms with Crippen LogP contribution in [-0.4, -0.2) is 58.0 Å². The molecule has 0 saturated carbocycles. The normalized spacial score (nSPS) is 15.4. The van der Waals surface area contributed by atoms with Crippen LogP contribution in [0, 0.1) is 11.3 Å². The number of pyridine rings is 1. The first-order chi connectivity index (χ1) is 15.0. The maximum atomic E-state index is 12.3. The highest BCUT2D eigenvalue weighted by Gasteiger charge is 2.32. The van der Waals surface area contributed by atoms with Gasteiger partial charge >= 0.3 is 5.97 Å². The standard InChI is InChI=1S/C22H22N6O3/c1-14(29)26-16-4-5-19-17(11-16)18(13-25-19)20(22(30)31)27-7-9-28(10-8-27)21-15(12-23)3-2-6-24-21/h2-6,11,13,20,25H,7-10H2,1H3,(H,26,29)(H,30,31)/t20-/m1/s1. The van der Waals surface area contributed by atoms with Crippen molar-refractivity contribution < 1.29 is 14.7 Å². The van der Waals surface area contributed by atoms with Gasteiger partial charge in [-0.3, -0.25) is 14.5 Å². The van der Waals surface area contributed by atoms with Gasteiger partial charge in [0.05, 0.1) is 5.56 Å². The van der Waals surface area contributed by atoms with Crippen LogP contribution in [0.15, 0.2) is 42.7 Å². The SMILES string of the molecule is CC(=O)Nc1ccc2[nH]cc([C@H](C(=O)O)N3CCN(c4ncccc4C#N)CC3)c2c1. The van der Waals surface area contributed by atoms with Gasteiger partial charge in [0.2, 0.25) is 5.91 Å². The molecule has 1 atom stereocenters. The Kier molecular flexibility index (Phi) is 5.56. The lowest BCUT2D eigenvalue weighted by Gasteiger charge is -2.38. The Bertz CT molecular complexity index is 1170. The number of aliphatic carboxylic acids is 1. The van der Waals surface area contributed by atoms with Gasteiger partial charge in [-0.25, -0.2) is 4.98 Å². The average molecular weight is 418 g/mol. The molecule has 158 valence electrons. The number of amides is 1. The van der Waals surface area contributed by atoms with Crippen LogP contribution in [0.3, 0.4) is 0 Å². The molecule has 1 aliphatic rings. The summed E-state index contributed by atoms with van der Waals surface area (Å²) in [5, 5.41) is 22.9. The highest BCUT2D eigenvalue weighted by atomic mass is 16.4. The minimum absolute atomic E-state index is 0.186. The van der Waals surface area contributed by atoms with Crippen LogP contribution in [0.1, 0.15) is 24.1 Å². The maximum Gasteiger partial charge on any atom is 0.325 e. The minimum Gasteiger partial charge on any atom is -0.480 e. The number of nitrogens with zero attached hydrogens (tertiary/aromatic N) is 4. The van der Waals surface area contributed by atoms with Gasteiger partial charge in [-0.2, -0.15) is 5.26 Å². The second kappa shape index (κ2) is 8.45. The number of piperazine rings is 1. The summed E-state index contributed by atoms with van der Waals surface area (Å²) in [7, 11) is 0. The molecule has 0 unspecified atom stereocenters. The number of aromatic amines is 1. The number of rotatable bonds is 5. The van der Waals surface area contributed by atoms with Crippen molar-refractivity contribution in [1.29, 1.82) is 5.26 Å². The first-order valence-corrected chi connectivity index (χ1v) is 9.93. The van der Waals surface area contributed by atoms with Crippen LogP contribution in [-0.2, 0) is 9.59 Å². The van der Waals surface area contributed by atoms with E-state index in [9.17, 15) is 20.0 Å². The summed E-state index contributed by atoms with van der Waals surface area (Å²) in [6.07, 6.45) is 3.38. The zero-order chi connectivity index (χ0) is 22.0. The van der Waals surface area contributed by atoms with E-state index in [1.807, 2.05) is 15.9 Å². The predicted octanol–water partition coefficient (Wildman–Crippen LogP) is 2.34. The zero-order valence-corrected chi connectivity index (χ0v) is 17.0. The highest BCUT2D eigenvalue weighted by molar-refractivity contribution is 5.95. The molecule has 0 aliphatic carbocycles. The van der Waals surface area contributed by atoms with Crippen molar-refractivity contribution in [2.24, 2.45) is 0 Å². The fourth-order valence-electron chi connectivity index (χ4n) is 4.06. The Labute approximate surface area is 178 Å². The van der Waals surface area contributed by atoms with E-state index < -0.39 is 12.0 Å². The molecule has 1 saturated heterocycles. The fourth-order valence-corrected chi connectivity index (χ4v) is 4.06. The van der Waals surface area contributed by atoms with Crippen LogP contribution < -0.4 is 10.2 Å². The number of anilines is 2. The van der Waals surface area contributed by atoms with Gasteiger partial charge in [0.15, 0.2) is 0 Å². The van der Waals surface area contributed by atoms with Crippen molar-refractivity contribution in [3.63, 3.8) is 0 Å². The molecular weight excluding hydrogens is 396 g/mol. The number of hydrogen-bond donors (Lipinski definition) is 3. The monoisotopic (exact) mass is 418 g/mol. The van der Waals surface area contributed by atoms with Crippen molar-refractivity contribution in [1.82, 2.24) is 14.9 Å². The van der Waals surface area contributed by atoms with Crippen LogP contribution in [0.2, 0.25) is 0 Å². The smallest absolute Gasteiger partial charge is 0.325 e. The van der Waals surface area contributed by atoms with Crippen LogP contribution >= 0.6 is 0 Å². The number of fused-ring (bicyclic) bond motifs is 1.